The number of rotatable bonds is 3. The summed E-state index contributed by atoms with van der Waals surface area (Å²) in [6.07, 6.45) is 3.58. The number of anilines is 3. The van der Waals surface area contributed by atoms with E-state index in [0.717, 1.165) is 35.2 Å². The van der Waals surface area contributed by atoms with Crippen LogP contribution in [-0.4, -0.2) is 19.5 Å². The molecule has 2 aromatic heterocycles. The first kappa shape index (κ1) is 20.7. The van der Waals surface area contributed by atoms with Crippen LogP contribution in [0.25, 0.3) is 16.7 Å². The van der Waals surface area contributed by atoms with Crippen LogP contribution in [0.3, 0.4) is 0 Å². The van der Waals surface area contributed by atoms with E-state index < -0.39 is 11.5 Å². The third kappa shape index (κ3) is 3.55. The average Bonchev–Trinajstić information content (AvgIpc) is 3.09. The Hall–Kier alpha value is -3.23. The Labute approximate surface area is 192 Å². The van der Waals surface area contributed by atoms with E-state index in [-0.39, 0.29) is 33.1 Å². The van der Waals surface area contributed by atoms with Gasteiger partial charge in [-0.3, -0.25) is 0 Å². The lowest BCUT2D eigenvalue weighted by molar-refractivity contribution is 0.627. The molecule has 162 valence electrons. The van der Waals surface area contributed by atoms with E-state index >= 15 is 0 Å². The molecule has 5 rings (SSSR count). The van der Waals surface area contributed by atoms with Crippen molar-refractivity contribution in [2.45, 2.75) is 19.8 Å². The molecule has 1 aliphatic rings. The van der Waals surface area contributed by atoms with Crippen LogP contribution in [0.5, 0.6) is 0 Å². The first-order valence-corrected chi connectivity index (χ1v) is 10.6. The van der Waals surface area contributed by atoms with Gasteiger partial charge in [0.15, 0.2) is 5.65 Å². The number of fused-ring (bicyclic) bond motifs is 2. The van der Waals surface area contributed by atoms with Crippen LogP contribution >= 0.6 is 23.2 Å². The maximum atomic E-state index is 13.6. The topological polar surface area (TPSA) is 98.7 Å². The summed E-state index contributed by atoms with van der Waals surface area (Å²) in [4.78, 5) is 25.4. The van der Waals surface area contributed by atoms with Gasteiger partial charge in [0.2, 0.25) is 5.95 Å². The van der Waals surface area contributed by atoms with Crippen molar-refractivity contribution in [1.82, 2.24) is 19.5 Å². The molecule has 0 saturated carbocycles. The van der Waals surface area contributed by atoms with Crippen LogP contribution < -0.4 is 16.7 Å². The molecule has 0 spiro atoms. The fourth-order valence-electron chi connectivity index (χ4n) is 4.07. The molecule has 1 atom stereocenters. The van der Waals surface area contributed by atoms with Gasteiger partial charge >= 0.3 is 5.69 Å². The molecule has 0 saturated heterocycles. The van der Waals surface area contributed by atoms with E-state index in [1.807, 2.05) is 6.07 Å². The monoisotopic (exact) mass is 470 g/mol. The Kier molecular flexibility index (Phi) is 4.98. The largest absolute Gasteiger partial charge is 0.384 e. The first-order valence-electron chi connectivity index (χ1n) is 9.89. The highest BCUT2D eigenvalue weighted by Gasteiger charge is 2.20. The van der Waals surface area contributed by atoms with Gasteiger partial charge in [-0.25, -0.2) is 18.7 Å². The Balaban J connectivity index is 1.55. The van der Waals surface area contributed by atoms with Crippen LogP contribution in [0.2, 0.25) is 10.0 Å². The number of nitrogens with two attached hydrogens (primary N) is 1. The van der Waals surface area contributed by atoms with Crippen LogP contribution in [0.4, 0.5) is 21.8 Å². The minimum atomic E-state index is -0.749. The average molecular weight is 471 g/mol. The first-order chi connectivity index (χ1) is 15.3. The van der Waals surface area contributed by atoms with Gasteiger partial charge in [0.25, 0.3) is 0 Å². The van der Waals surface area contributed by atoms with E-state index in [2.05, 4.69) is 39.3 Å². The van der Waals surface area contributed by atoms with Crippen molar-refractivity contribution in [2.24, 2.45) is 5.92 Å². The molecule has 0 amide bonds. The molecule has 7 nitrogen and oxygen atoms in total. The number of nitrogen functional groups attached to an aromatic ring is 1. The molecule has 0 fully saturated rings. The van der Waals surface area contributed by atoms with Gasteiger partial charge in [-0.15, -0.1) is 0 Å². The van der Waals surface area contributed by atoms with Gasteiger partial charge in [0.1, 0.15) is 11.6 Å². The van der Waals surface area contributed by atoms with E-state index in [9.17, 15) is 9.18 Å². The Morgan fingerprint density at radius 2 is 1.84 bits per heavy atom. The number of hydrogen-bond donors (Lipinski definition) is 2. The molecule has 2 aromatic carbocycles. The fraction of sp³-hybridized carbons (Fsp3) is 0.182. The van der Waals surface area contributed by atoms with Crippen molar-refractivity contribution in [3.63, 3.8) is 0 Å². The van der Waals surface area contributed by atoms with Crippen molar-refractivity contribution in [1.29, 1.82) is 0 Å². The molecular weight excluding hydrogens is 454 g/mol. The van der Waals surface area contributed by atoms with Gasteiger partial charge in [0.05, 0.1) is 21.1 Å². The van der Waals surface area contributed by atoms with Crippen LogP contribution in [0.1, 0.15) is 18.1 Å². The standard InChI is InChI=1S/C22H17Cl2FN6O/c1-10-4-11-2-3-14(6-12(11)5-10)28-21-27-9-15-19(26)31(22(32)30-20(15)29-21)18-16(23)7-13(25)8-17(18)24/h2-3,6-10H,4-5,26H2,1H3,(H,28,29,30,32). The van der Waals surface area contributed by atoms with Crippen LogP contribution in [0.15, 0.2) is 41.3 Å². The van der Waals surface area contributed by atoms with Crippen molar-refractivity contribution >= 4 is 51.7 Å². The second-order valence-corrected chi connectivity index (χ2v) is 8.70. The summed E-state index contributed by atoms with van der Waals surface area (Å²) >= 11 is 12.2. The lowest BCUT2D eigenvalue weighted by Crippen LogP contribution is -2.25. The highest BCUT2D eigenvalue weighted by molar-refractivity contribution is 6.37. The van der Waals surface area contributed by atoms with E-state index in [1.54, 1.807) is 0 Å². The lowest BCUT2D eigenvalue weighted by atomic mass is 10.1. The second kappa shape index (κ2) is 7.72. The number of nitrogens with zero attached hydrogens (tertiary/aromatic N) is 4. The molecule has 0 radical (unpaired) electrons. The zero-order valence-corrected chi connectivity index (χ0v) is 18.4. The summed E-state index contributed by atoms with van der Waals surface area (Å²) in [5.74, 6) is 0.276. The normalized spacial score (nSPS) is 15.2. The number of halogens is 3. The third-order valence-electron chi connectivity index (χ3n) is 5.48. The Bertz CT molecular complexity index is 1430. The number of aromatic nitrogens is 4. The minimum Gasteiger partial charge on any atom is -0.384 e. The quantitative estimate of drug-likeness (QED) is 0.450. The highest BCUT2D eigenvalue weighted by atomic mass is 35.5. The Morgan fingerprint density at radius 1 is 1.12 bits per heavy atom. The summed E-state index contributed by atoms with van der Waals surface area (Å²) < 4.78 is 14.6. The molecule has 0 bridgehead atoms. The third-order valence-corrected chi connectivity index (χ3v) is 6.06. The van der Waals surface area contributed by atoms with Crippen molar-refractivity contribution < 1.29 is 4.39 Å². The van der Waals surface area contributed by atoms with Crippen molar-refractivity contribution in [3.05, 3.63) is 74.0 Å². The highest BCUT2D eigenvalue weighted by Crippen LogP contribution is 2.32. The molecule has 3 N–H and O–H groups in total. The minimum absolute atomic E-state index is 0.00604. The fourth-order valence-corrected chi connectivity index (χ4v) is 4.70. The molecule has 1 aliphatic carbocycles. The molecule has 2 heterocycles. The maximum absolute atomic E-state index is 13.6. The van der Waals surface area contributed by atoms with Crippen molar-refractivity contribution in [3.8, 4) is 5.69 Å². The second-order valence-electron chi connectivity index (χ2n) is 7.89. The molecule has 10 heteroatoms. The number of benzene rings is 2. The molecule has 4 aromatic rings. The zero-order chi connectivity index (χ0) is 22.6. The van der Waals surface area contributed by atoms with Gasteiger partial charge in [-0.2, -0.15) is 9.97 Å². The van der Waals surface area contributed by atoms with E-state index in [4.69, 9.17) is 28.9 Å². The summed E-state index contributed by atoms with van der Waals surface area (Å²) in [5, 5.41) is 3.33. The van der Waals surface area contributed by atoms with Crippen LogP contribution in [-0.2, 0) is 12.8 Å². The summed E-state index contributed by atoms with van der Waals surface area (Å²) in [5.41, 5.74) is 9.14. The molecule has 0 aliphatic heterocycles. The predicted octanol–water partition coefficient (Wildman–Crippen LogP) is 4.68. The maximum Gasteiger partial charge on any atom is 0.355 e. The van der Waals surface area contributed by atoms with Gasteiger partial charge in [0, 0.05) is 11.9 Å². The van der Waals surface area contributed by atoms with Crippen LogP contribution in [0, 0.1) is 11.7 Å². The smallest absolute Gasteiger partial charge is 0.355 e. The van der Waals surface area contributed by atoms with Gasteiger partial charge in [-0.1, -0.05) is 36.2 Å². The summed E-state index contributed by atoms with van der Waals surface area (Å²) in [7, 11) is 0. The summed E-state index contributed by atoms with van der Waals surface area (Å²) in [6.45, 7) is 2.23. The number of nitrogens with one attached hydrogen (secondary N) is 1. The summed E-state index contributed by atoms with van der Waals surface area (Å²) in [6, 6.07) is 8.25. The van der Waals surface area contributed by atoms with E-state index in [0.29, 0.717) is 11.3 Å². The van der Waals surface area contributed by atoms with Crippen molar-refractivity contribution in [2.75, 3.05) is 11.1 Å². The number of hydrogen-bond acceptors (Lipinski definition) is 6. The predicted molar refractivity (Wildman–Crippen MR) is 124 cm³/mol. The molecular formula is C22H17Cl2FN6O. The Morgan fingerprint density at radius 3 is 2.59 bits per heavy atom. The molecule has 32 heavy (non-hydrogen) atoms. The van der Waals surface area contributed by atoms with E-state index in [1.165, 1.54) is 17.3 Å². The SMILES string of the molecule is CC1Cc2ccc(Nc3ncc4c(N)n(-c5c(Cl)cc(F)cc5Cl)c(=O)nc4n3)cc2C1. The van der Waals surface area contributed by atoms with Gasteiger partial charge < -0.3 is 11.1 Å². The van der Waals surface area contributed by atoms with Gasteiger partial charge in [-0.05, 0) is 54.2 Å². The zero-order valence-electron chi connectivity index (χ0n) is 16.9. The molecule has 1 unspecified atom stereocenters. The lowest BCUT2D eigenvalue weighted by Gasteiger charge is -2.14.